The maximum Gasteiger partial charge on any atom is 0.416 e. The highest BCUT2D eigenvalue weighted by atomic mass is 19.4. The van der Waals surface area contributed by atoms with E-state index in [1.807, 2.05) is 31.2 Å². The molecule has 1 heterocycles. The lowest BCUT2D eigenvalue weighted by Crippen LogP contribution is -2.51. The number of Topliss-reactive ketones (excluding diaryl/α,β-unsaturated/α-hetero) is 1. The monoisotopic (exact) mass is 551 g/mol. The van der Waals surface area contributed by atoms with Gasteiger partial charge in [-0.05, 0) is 48.2 Å². The number of nitrogens with zero attached hydrogens (tertiary/aromatic N) is 1. The van der Waals surface area contributed by atoms with Crippen LogP contribution in [0.2, 0.25) is 0 Å². The fourth-order valence-electron chi connectivity index (χ4n) is 5.07. The Kier molecular flexibility index (Phi) is 8.73. The number of hydrogen-bond donors (Lipinski definition) is 2. The van der Waals surface area contributed by atoms with Crippen LogP contribution in [-0.4, -0.2) is 30.2 Å². The van der Waals surface area contributed by atoms with Gasteiger partial charge >= 0.3 is 6.18 Å². The smallest absolute Gasteiger partial charge is 0.398 e. The van der Waals surface area contributed by atoms with Crippen molar-refractivity contribution in [3.63, 3.8) is 0 Å². The number of nitrogen functional groups attached to an aromatic ring is 1. The van der Waals surface area contributed by atoms with Gasteiger partial charge in [-0.25, -0.2) is 4.90 Å². The number of imide groups is 1. The lowest BCUT2D eigenvalue weighted by Gasteiger charge is -2.28. The molecule has 3 aromatic carbocycles. The molecule has 0 fully saturated rings. The van der Waals surface area contributed by atoms with Crippen LogP contribution >= 0.6 is 0 Å². The molecule has 0 saturated heterocycles. The molecule has 0 aromatic heterocycles. The number of halogens is 3. The Labute approximate surface area is 231 Å². The zero-order chi connectivity index (χ0) is 29.0. The van der Waals surface area contributed by atoms with E-state index in [0.29, 0.717) is 29.8 Å². The first-order chi connectivity index (χ1) is 19.0. The van der Waals surface area contributed by atoms with Gasteiger partial charge in [-0.1, -0.05) is 68.3 Å². The summed E-state index contributed by atoms with van der Waals surface area (Å²) in [5.74, 6) is -1.90. The van der Waals surface area contributed by atoms with Gasteiger partial charge in [-0.15, -0.1) is 0 Å². The molecule has 1 aliphatic heterocycles. The van der Waals surface area contributed by atoms with E-state index in [0.717, 1.165) is 29.7 Å². The van der Waals surface area contributed by atoms with E-state index in [2.05, 4.69) is 5.32 Å². The number of carbonyl (C=O) groups excluding carboxylic acids is 3. The first-order valence-electron chi connectivity index (χ1n) is 13.3. The number of alkyl halides is 3. The minimum atomic E-state index is -4.51. The molecule has 2 atom stereocenters. The molecule has 4 rings (SSSR count). The summed E-state index contributed by atoms with van der Waals surface area (Å²) in [5.41, 5.74) is 8.72. The normalized spacial score (nSPS) is 15.7. The minimum Gasteiger partial charge on any atom is -0.398 e. The molecule has 3 aromatic rings. The van der Waals surface area contributed by atoms with Crippen LogP contribution in [0.5, 0.6) is 0 Å². The van der Waals surface area contributed by atoms with Gasteiger partial charge in [0.15, 0.2) is 5.78 Å². The number of nitrogens with one attached hydrogen (secondary N) is 1. The van der Waals surface area contributed by atoms with Crippen LogP contribution in [-0.2, 0) is 27.0 Å². The molecule has 1 aliphatic rings. The van der Waals surface area contributed by atoms with Crippen molar-refractivity contribution < 1.29 is 27.6 Å². The van der Waals surface area contributed by atoms with E-state index in [9.17, 15) is 27.6 Å². The molecule has 1 unspecified atom stereocenters. The number of fused-ring (bicyclic) bond motifs is 3. The van der Waals surface area contributed by atoms with Crippen LogP contribution < -0.4 is 16.0 Å². The minimum absolute atomic E-state index is 0.222. The molecule has 210 valence electrons. The number of amides is 2. The second-order valence-corrected chi connectivity index (χ2v) is 10.1. The number of anilines is 2. The molecular formula is C31H32F3N3O3. The highest BCUT2D eigenvalue weighted by Crippen LogP contribution is 2.44. The fraction of sp³-hybridized carbons (Fsp3) is 0.323. The number of rotatable bonds is 9. The zero-order valence-corrected chi connectivity index (χ0v) is 22.4. The predicted molar refractivity (Wildman–Crippen MR) is 149 cm³/mol. The standard InChI is InChI=1S/C31H32F3N3O3/c1-3-4-14-26(36-18-22(38)17-20-9-7-10-21(16-20)31(32,33)34)30(40)37-27-15-8-13-25(35)28(27)24-12-6-5-11-23(24)19(2)29(37)39/h5-13,15-16,19,26,36H,3-4,14,17-18,35H2,1-2H3/t19?,26-/m0/s1. The fourth-order valence-corrected chi connectivity index (χ4v) is 5.07. The highest BCUT2D eigenvalue weighted by molar-refractivity contribution is 6.22. The predicted octanol–water partition coefficient (Wildman–Crippen LogP) is 5.89. The third-order valence-electron chi connectivity index (χ3n) is 7.17. The van der Waals surface area contributed by atoms with Gasteiger partial charge in [0.1, 0.15) is 0 Å². The van der Waals surface area contributed by atoms with Crippen LogP contribution in [0.25, 0.3) is 11.1 Å². The van der Waals surface area contributed by atoms with Gasteiger partial charge in [-0.2, -0.15) is 13.2 Å². The first-order valence-corrected chi connectivity index (χ1v) is 13.3. The van der Waals surface area contributed by atoms with E-state index in [4.69, 9.17) is 5.73 Å². The number of unbranched alkanes of at least 4 members (excludes halogenated alkanes) is 1. The van der Waals surface area contributed by atoms with Crippen molar-refractivity contribution in [2.75, 3.05) is 17.2 Å². The van der Waals surface area contributed by atoms with E-state index in [-0.39, 0.29) is 24.3 Å². The highest BCUT2D eigenvalue weighted by Gasteiger charge is 2.38. The second kappa shape index (κ2) is 12.0. The number of nitrogens with two attached hydrogens (primary N) is 1. The van der Waals surface area contributed by atoms with E-state index < -0.39 is 35.5 Å². The number of benzene rings is 3. The molecule has 3 N–H and O–H groups in total. The number of carbonyl (C=O) groups is 3. The average molecular weight is 552 g/mol. The van der Waals surface area contributed by atoms with Crippen molar-refractivity contribution >= 4 is 29.0 Å². The lowest BCUT2D eigenvalue weighted by molar-refractivity contribution is -0.137. The van der Waals surface area contributed by atoms with Crippen molar-refractivity contribution in [2.24, 2.45) is 0 Å². The van der Waals surface area contributed by atoms with Crippen molar-refractivity contribution in [2.45, 2.75) is 57.7 Å². The summed E-state index contributed by atoms with van der Waals surface area (Å²) in [7, 11) is 0. The van der Waals surface area contributed by atoms with Gasteiger partial charge in [0.05, 0.1) is 29.8 Å². The lowest BCUT2D eigenvalue weighted by atomic mass is 9.92. The second-order valence-electron chi connectivity index (χ2n) is 10.1. The summed E-state index contributed by atoms with van der Waals surface area (Å²) in [6.07, 6.45) is -2.92. The summed E-state index contributed by atoms with van der Waals surface area (Å²) < 4.78 is 39.2. The summed E-state index contributed by atoms with van der Waals surface area (Å²) in [6, 6.07) is 16.3. The Hall–Kier alpha value is -3.98. The van der Waals surface area contributed by atoms with Crippen molar-refractivity contribution in [1.82, 2.24) is 5.32 Å². The Morgan fingerprint density at radius 1 is 1.05 bits per heavy atom. The summed E-state index contributed by atoms with van der Waals surface area (Å²) in [4.78, 5) is 41.7. The summed E-state index contributed by atoms with van der Waals surface area (Å²) >= 11 is 0. The van der Waals surface area contributed by atoms with Gasteiger partial charge in [0, 0.05) is 17.7 Å². The molecule has 0 saturated carbocycles. The van der Waals surface area contributed by atoms with Crippen LogP contribution in [0.1, 0.15) is 55.7 Å². The molecule has 0 spiro atoms. The molecule has 0 aliphatic carbocycles. The number of hydrogen-bond acceptors (Lipinski definition) is 5. The van der Waals surface area contributed by atoms with Gasteiger partial charge in [0.2, 0.25) is 5.91 Å². The third kappa shape index (κ3) is 6.09. The molecule has 6 nitrogen and oxygen atoms in total. The Morgan fingerprint density at radius 3 is 2.50 bits per heavy atom. The van der Waals surface area contributed by atoms with Crippen molar-refractivity contribution in [1.29, 1.82) is 0 Å². The summed E-state index contributed by atoms with van der Waals surface area (Å²) in [6.45, 7) is 3.47. The quantitative estimate of drug-likeness (QED) is 0.324. The molecular weight excluding hydrogens is 519 g/mol. The van der Waals surface area contributed by atoms with Crippen LogP contribution in [0, 0.1) is 0 Å². The van der Waals surface area contributed by atoms with Crippen molar-refractivity contribution in [3.8, 4) is 11.1 Å². The van der Waals surface area contributed by atoms with Crippen LogP contribution in [0.15, 0.2) is 66.7 Å². The topological polar surface area (TPSA) is 92.5 Å². The molecule has 2 amide bonds. The Morgan fingerprint density at radius 2 is 1.77 bits per heavy atom. The molecule has 0 bridgehead atoms. The average Bonchev–Trinajstić information content (AvgIpc) is 3.01. The maximum atomic E-state index is 14.0. The molecule has 40 heavy (non-hydrogen) atoms. The molecule has 9 heteroatoms. The van der Waals surface area contributed by atoms with E-state index in [1.165, 1.54) is 17.0 Å². The largest absolute Gasteiger partial charge is 0.416 e. The van der Waals surface area contributed by atoms with E-state index >= 15 is 0 Å². The molecule has 0 radical (unpaired) electrons. The summed E-state index contributed by atoms with van der Waals surface area (Å²) in [5, 5.41) is 2.99. The Bertz CT molecular complexity index is 1420. The van der Waals surface area contributed by atoms with Gasteiger partial charge < -0.3 is 5.73 Å². The zero-order valence-electron chi connectivity index (χ0n) is 22.4. The van der Waals surface area contributed by atoms with Crippen LogP contribution in [0.4, 0.5) is 24.5 Å². The van der Waals surface area contributed by atoms with Gasteiger partial charge in [0.25, 0.3) is 5.91 Å². The van der Waals surface area contributed by atoms with E-state index in [1.54, 1.807) is 25.1 Å². The van der Waals surface area contributed by atoms with Gasteiger partial charge in [-0.3, -0.25) is 19.7 Å². The first kappa shape index (κ1) is 29.0. The Balaban J connectivity index is 1.60. The van der Waals surface area contributed by atoms with Crippen LogP contribution in [0.3, 0.4) is 0 Å². The third-order valence-corrected chi connectivity index (χ3v) is 7.17. The maximum absolute atomic E-state index is 14.0. The van der Waals surface area contributed by atoms with Crippen molar-refractivity contribution in [3.05, 3.63) is 83.4 Å². The SMILES string of the molecule is CCCC[C@H](NCC(=O)Cc1cccc(C(F)(F)F)c1)C(=O)N1C(=O)C(C)c2ccccc2-c2c(N)cccc21. The number of ketones is 1.